The molecular formula is C24H28N2O. The minimum absolute atomic E-state index is 0.398. The number of hydrogen-bond acceptors (Lipinski definition) is 3. The molecule has 0 aliphatic rings. The van der Waals surface area contributed by atoms with E-state index in [9.17, 15) is 0 Å². The summed E-state index contributed by atoms with van der Waals surface area (Å²) in [5.74, 6) is 11.8. The van der Waals surface area contributed by atoms with Crippen LogP contribution in [0, 0.1) is 23.7 Å². The third-order valence-electron chi connectivity index (χ3n) is 4.11. The van der Waals surface area contributed by atoms with Crippen molar-refractivity contribution in [3.05, 3.63) is 53.3 Å². The van der Waals surface area contributed by atoms with E-state index in [0.717, 1.165) is 30.4 Å². The maximum atomic E-state index is 5.43. The summed E-state index contributed by atoms with van der Waals surface area (Å²) in [5, 5.41) is 0. The van der Waals surface area contributed by atoms with Crippen LogP contribution in [0.15, 0.2) is 36.7 Å². The minimum Gasteiger partial charge on any atom is -0.463 e. The second-order valence-electron chi connectivity index (χ2n) is 6.46. The Morgan fingerprint density at radius 2 is 1.44 bits per heavy atom. The number of aryl methyl sites for hydroxylation is 1. The van der Waals surface area contributed by atoms with Crippen LogP contribution in [0.5, 0.6) is 6.01 Å². The maximum absolute atomic E-state index is 5.43. The fourth-order valence-electron chi connectivity index (χ4n) is 2.48. The monoisotopic (exact) mass is 360 g/mol. The van der Waals surface area contributed by atoms with E-state index in [1.54, 1.807) is 12.4 Å². The number of benzene rings is 1. The lowest BCUT2D eigenvalue weighted by Gasteiger charge is -2.01. The second kappa shape index (κ2) is 12.6. The molecule has 0 amide bonds. The molecule has 0 fully saturated rings. The Morgan fingerprint density at radius 1 is 0.778 bits per heavy atom. The van der Waals surface area contributed by atoms with Crippen LogP contribution in [-0.2, 0) is 6.42 Å². The lowest BCUT2D eigenvalue weighted by atomic mass is 10.0. The van der Waals surface area contributed by atoms with E-state index >= 15 is 0 Å². The van der Waals surface area contributed by atoms with E-state index in [-0.39, 0.29) is 0 Å². The van der Waals surface area contributed by atoms with Crippen LogP contribution in [0.1, 0.15) is 69.1 Å². The van der Waals surface area contributed by atoms with Crippen molar-refractivity contribution >= 4 is 0 Å². The average Bonchev–Trinajstić information content (AvgIpc) is 2.71. The van der Waals surface area contributed by atoms with E-state index in [1.165, 1.54) is 31.2 Å². The molecule has 0 aliphatic carbocycles. The van der Waals surface area contributed by atoms with Crippen molar-refractivity contribution in [2.75, 3.05) is 6.61 Å². The van der Waals surface area contributed by atoms with Gasteiger partial charge in [-0.05, 0) is 54.7 Å². The van der Waals surface area contributed by atoms with Crippen LogP contribution in [-0.4, -0.2) is 16.6 Å². The van der Waals surface area contributed by atoms with Gasteiger partial charge in [0.05, 0.1) is 12.2 Å². The lowest BCUT2D eigenvalue weighted by molar-refractivity contribution is 0.285. The molecule has 0 N–H and O–H groups in total. The van der Waals surface area contributed by atoms with Gasteiger partial charge in [-0.15, -0.1) is 0 Å². The smallest absolute Gasteiger partial charge is 0.316 e. The van der Waals surface area contributed by atoms with Gasteiger partial charge < -0.3 is 4.74 Å². The van der Waals surface area contributed by atoms with Crippen LogP contribution in [0.4, 0.5) is 0 Å². The summed E-state index contributed by atoms with van der Waals surface area (Å²) in [6.07, 6.45) is 11.7. The molecule has 1 aromatic heterocycles. The first-order chi connectivity index (χ1) is 13.3. The first-order valence-corrected chi connectivity index (χ1v) is 9.87. The van der Waals surface area contributed by atoms with Crippen molar-refractivity contribution in [1.29, 1.82) is 0 Å². The van der Waals surface area contributed by atoms with Gasteiger partial charge in [-0.1, -0.05) is 57.6 Å². The zero-order chi connectivity index (χ0) is 19.2. The van der Waals surface area contributed by atoms with Gasteiger partial charge in [0.25, 0.3) is 0 Å². The summed E-state index contributed by atoms with van der Waals surface area (Å²) in [7, 11) is 0. The molecular weight excluding hydrogens is 332 g/mol. The molecule has 1 heterocycles. The normalized spacial score (nSPS) is 9.70. The van der Waals surface area contributed by atoms with E-state index < -0.39 is 0 Å². The molecule has 27 heavy (non-hydrogen) atoms. The van der Waals surface area contributed by atoms with Crippen molar-refractivity contribution < 1.29 is 4.74 Å². The largest absolute Gasteiger partial charge is 0.463 e. The van der Waals surface area contributed by atoms with Gasteiger partial charge in [0.1, 0.15) is 0 Å². The fourth-order valence-corrected chi connectivity index (χ4v) is 2.48. The Hall–Kier alpha value is -2.78. The third kappa shape index (κ3) is 8.43. The van der Waals surface area contributed by atoms with Gasteiger partial charge in [-0.2, -0.15) is 0 Å². The summed E-state index contributed by atoms with van der Waals surface area (Å²) in [5.41, 5.74) is 3.09. The molecule has 0 spiro atoms. The SMILES string of the molecule is CCCCCCc1ccc(C#CC#Cc2cnc(OCCCC)nc2)cc1. The fraction of sp³-hybridized carbons (Fsp3) is 0.417. The van der Waals surface area contributed by atoms with Crippen molar-refractivity contribution in [2.45, 2.75) is 58.8 Å². The molecule has 0 radical (unpaired) electrons. The molecule has 0 bridgehead atoms. The quantitative estimate of drug-likeness (QED) is 0.456. The number of nitrogens with zero attached hydrogens (tertiary/aromatic N) is 2. The van der Waals surface area contributed by atoms with Crippen LogP contribution in [0.2, 0.25) is 0 Å². The Balaban J connectivity index is 1.82. The first kappa shape index (κ1) is 20.5. The highest BCUT2D eigenvalue weighted by atomic mass is 16.5. The van der Waals surface area contributed by atoms with Gasteiger partial charge in [0.15, 0.2) is 0 Å². The number of ether oxygens (including phenoxy) is 1. The van der Waals surface area contributed by atoms with E-state index in [4.69, 9.17) is 4.74 Å². The highest BCUT2D eigenvalue weighted by Gasteiger charge is 1.96. The van der Waals surface area contributed by atoms with Gasteiger partial charge in [0.2, 0.25) is 0 Å². The Morgan fingerprint density at radius 3 is 2.11 bits per heavy atom. The Kier molecular flexibility index (Phi) is 9.55. The molecule has 140 valence electrons. The molecule has 0 aliphatic heterocycles. The summed E-state index contributed by atoms with van der Waals surface area (Å²) >= 11 is 0. The van der Waals surface area contributed by atoms with Crippen LogP contribution < -0.4 is 4.74 Å². The Bertz CT molecular complexity index is 787. The van der Waals surface area contributed by atoms with Gasteiger partial charge in [0, 0.05) is 18.0 Å². The van der Waals surface area contributed by atoms with E-state index in [1.807, 2.05) is 0 Å². The summed E-state index contributed by atoms with van der Waals surface area (Å²) in [6, 6.07) is 8.85. The van der Waals surface area contributed by atoms with Crippen molar-refractivity contribution in [3.8, 4) is 29.7 Å². The molecule has 3 nitrogen and oxygen atoms in total. The molecule has 2 rings (SSSR count). The summed E-state index contributed by atoms with van der Waals surface area (Å²) in [6.45, 7) is 5.00. The summed E-state index contributed by atoms with van der Waals surface area (Å²) < 4.78 is 5.43. The van der Waals surface area contributed by atoms with Crippen LogP contribution >= 0.6 is 0 Å². The molecule has 0 saturated heterocycles. The minimum atomic E-state index is 0.398. The second-order valence-corrected chi connectivity index (χ2v) is 6.46. The highest BCUT2D eigenvalue weighted by molar-refractivity contribution is 5.43. The van der Waals surface area contributed by atoms with Crippen molar-refractivity contribution in [1.82, 2.24) is 9.97 Å². The molecule has 2 aromatic rings. The molecule has 3 heteroatoms. The third-order valence-corrected chi connectivity index (χ3v) is 4.11. The molecule has 0 unspecified atom stereocenters. The number of unbranched alkanes of at least 4 members (excludes halogenated alkanes) is 4. The van der Waals surface area contributed by atoms with E-state index in [0.29, 0.717) is 12.6 Å². The van der Waals surface area contributed by atoms with Crippen molar-refractivity contribution in [2.24, 2.45) is 0 Å². The highest BCUT2D eigenvalue weighted by Crippen LogP contribution is 2.09. The number of aromatic nitrogens is 2. The van der Waals surface area contributed by atoms with Crippen LogP contribution in [0.25, 0.3) is 0 Å². The molecule has 0 saturated carbocycles. The number of hydrogen-bond donors (Lipinski definition) is 0. The topological polar surface area (TPSA) is 35.0 Å². The Labute approximate surface area is 163 Å². The van der Waals surface area contributed by atoms with Crippen molar-refractivity contribution in [3.63, 3.8) is 0 Å². The van der Waals surface area contributed by atoms with Gasteiger partial charge in [-0.3, -0.25) is 0 Å². The standard InChI is InChI=1S/C24H28N2O/c1-3-5-7-8-11-21-14-16-22(17-15-21)12-9-10-13-23-19-25-24(26-20-23)27-18-6-4-2/h14-17,19-20H,3-8,11,18H2,1-2H3. The van der Waals surface area contributed by atoms with Gasteiger partial charge >= 0.3 is 6.01 Å². The predicted octanol–water partition coefficient (Wildman–Crippen LogP) is 5.18. The molecule has 1 aromatic carbocycles. The number of rotatable bonds is 9. The molecule has 0 atom stereocenters. The maximum Gasteiger partial charge on any atom is 0.316 e. The van der Waals surface area contributed by atoms with Crippen LogP contribution in [0.3, 0.4) is 0 Å². The predicted molar refractivity (Wildman–Crippen MR) is 110 cm³/mol. The average molecular weight is 361 g/mol. The summed E-state index contributed by atoms with van der Waals surface area (Å²) in [4.78, 5) is 8.30. The zero-order valence-corrected chi connectivity index (χ0v) is 16.4. The lowest BCUT2D eigenvalue weighted by Crippen LogP contribution is -2.00. The van der Waals surface area contributed by atoms with E-state index in [2.05, 4.69) is 71.8 Å². The first-order valence-electron chi connectivity index (χ1n) is 9.87. The zero-order valence-electron chi connectivity index (χ0n) is 16.4. The van der Waals surface area contributed by atoms with Gasteiger partial charge in [-0.25, -0.2) is 9.97 Å².